The number of aryl methyl sites for hydroxylation is 1. The van der Waals surface area contributed by atoms with Crippen molar-refractivity contribution in [3.63, 3.8) is 0 Å². The third-order valence-corrected chi connectivity index (χ3v) is 2.92. The topological polar surface area (TPSA) is 50.3 Å². The molecule has 2 heterocycles. The highest BCUT2D eigenvalue weighted by atomic mass is 16.2. The van der Waals surface area contributed by atoms with Crippen LogP contribution in [0.15, 0.2) is 12.1 Å². The van der Waals surface area contributed by atoms with E-state index in [-0.39, 0.29) is 12.2 Å². The number of rotatable bonds is 3. The van der Waals surface area contributed by atoms with Gasteiger partial charge in [0.15, 0.2) is 0 Å². The van der Waals surface area contributed by atoms with E-state index in [4.69, 9.17) is 0 Å². The molecule has 1 aliphatic heterocycles. The second kappa shape index (κ2) is 4.65. The van der Waals surface area contributed by atoms with Gasteiger partial charge in [-0.25, -0.2) is 4.98 Å². The van der Waals surface area contributed by atoms with Crippen LogP contribution in [0.5, 0.6) is 0 Å². The van der Waals surface area contributed by atoms with E-state index >= 15 is 0 Å². The Hall–Kier alpha value is -1.71. The van der Waals surface area contributed by atoms with Crippen molar-refractivity contribution < 1.29 is 9.59 Å². The van der Waals surface area contributed by atoms with Crippen LogP contribution in [-0.4, -0.2) is 23.2 Å². The number of fused-ring (bicyclic) bond motifs is 1. The van der Waals surface area contributed by atoms with Gasteiger partial charge >= 0.3 is 0 Å². The van der Waals surface area contributed by atoms with E-state index in [0.717, 1.165) is 24.1 Å². The summed E-state index contributed by atoms with van der Waals surface area (Å²) in [4.78, 5) is 29.3. The Kier molecular flexibility index (Phi) is 3.22. The molecule has 0 bridgehead atoms. The van der Waals surface area contributed by atoms with Gasteiger partial charge in [-0.3, -0.25) is 14.5 Å². The second-order valence-corrected chi connectivity index (χ2v) is 4.35. The molecule has 4 heteroatoms. The molecule has 90 valence electrons. The predicted octanol–water partition coefficient (Wildman–Crippen LogP) is 1.65. The third-order valence-electron chi connectivity index (χ3n) is 2.92. The molecule has 0 atom stereocenters. The van der Waals surface area contributed by atoms with Crippen LogP contribution in [0.3, 0.4) is 0 Å². The van der Waals surface area contributed by atoms with Crippen molar-refractivity contribution in [2.24, 2.45) is 0 Å². The molecule has 17 heavy (non-hydrogen) atoms. The zero-order valence-electron chi connectivity index (χ0n) is 10.2. The van der Waals surface area contributed by atoms with Crippen LogP contribution in [0.25, 0.3) is 0 Å². The molecule has 0 saturated heterocycles. The molecule has 2 rings (SSSR count). The maximum Gasteiger partial charge on any atom is 0.295 e. The summed E-state index contributed by atoms with van der Waals surface area (Å²) in [6.45, 7) is 4.52. The standard InChI is InChI=1S/C13H16N2O2/c1-3-4-7-15-12-10(6-5-9(2)14-12)8-11(16)13(15)17/h5-6H,3-4,7-8H2,1-2H3. The fourth-order valence-electron chi connectivity index (χ4n) is 1.96. The highest BCUT2D eigenvalue weighted by Gasteiger charge is 2.31. The predicted molar refractivity (Wildman–Crippen MR) is 64.9 cm³/mol. The van der Waals surface area contributed by atoms with Crippen molar-refractivity contribution in [3.05, 3.63) is 23.4 Å². The number of hydrogen-bond donors (Lipinski definition) is 0. The highest BCUT2D eigenvalue weighted by molar-refractivity contribution is 6.43. The first kappa shape index (κ1) is 11.8. The summed E-state index contributed by atoms with van der Waals surface area (Å²) in [7, 11) is 0. The lowest BCUT2D eigenvalue weighted by Crippen LogP contribution is -2.43. The molecule has 0 aromatic carbocycles. The second-order valence-electron chi connectivity index (χ2n) is 4.35. The molecule has 4 nitrogen and oxygen atoms in total. The molecule has 0 unspecified atom stereocenters. The van der Waals surface area contributed by atoms with Gasteiger partial charge in [-0.15, -0.1) is 0 Å². The van der Waals surface area contributed by atoms with Crippen molar-refractivity contribution >= 4 is 17.5 Å². The zero-order chi connectivity index (χ0) is 12.4. The Morgan fingerprint density at radius 3 is 2.82 bits per heavy atom. The number of aromatic nitrogens is 1. The number of Topliss-reactive ketones (excluding diaryl/α,β-unsaturated/α-hetero) is 1. The van der Waals surface area contributed by atoms with Gasteiger partial charge in [-0.05, 0) is 19.4 Å². The summed E-state index contributed by atoms with van der Waals surface area (Å²) >= 11 is 0. The Balaban J connectivity index is 2.39. The molecule has 0 fully saturated rings. The Morgan fingerprint density at radius 2 is 2.12 bits per heavy atom. The van der Waals surface area contributed by atoms with Gasteiger partial charge in [0.25, 0.3) is 5.91 Å². The van der Waals surface area contributed by atoms with Crippen molar-refractivity contribution in [3.8, 4) is 0 Å². The van der Waals surface area contributed by atoms with Crippen molar-refractivity contribution in [1.29, 1.82) is 0 Å². The van der Waals surface area contributed by atoms with Crippen molar-refractivity contribution in [2.75, 3.05) is 11.4 Å². The van der Waals surface area contributed by atoms with Gasteiger partial charge in [0.2, 0.25) is 5.78 Å². The Bertz CT molecular complexity index is 468. The lowest BCUT2D eigenvalue weighted by molar-refractivity contribution is -0.136. The number of hydrogen-bond acceptors (Lipinski definition) is 3. The number of anilines is 1. The van der Waals surface area contributed by atoms with Gasteiger partial charge in [0.05, 0.1) is 0 Å². The van der Waals surface area contributed by atoms with Crippen LogP contribution < -0.4 is 4.90 Å². The average molecular weight is 232 g/mol. The number of unbranched alkanes of at least 4 members (excludes halogenated alkanes) is 1. The van der Waals surface area contributed by atoms with E-state index < -0.39 is 5.91 Å². The summed E-state index contributed by atoms with van der Waals surface area (Å²) < 4.78 is 0. The molecule has 0 spiro atoms. The van der Waals surface area contributed by atoms with Gasteiger partial charge in [-0.1, -0.05) is 19.4 Å². The summed E-state index contributed by atoms with van der Waals surface area (Å²) in [6, 6.07) is 3.76. The van der Waals surface area contributed by atoms with E-state index in [9.17, 15) is 9.59 Å². The molecule has 0 saturated carbocycles. The fourth-order valence-corrected chi connectivity index (χ4v) is 1.96. The maximum atomic E-state index is 11.8. The molecular weight excluding hydrogens is 216 g/mol. The molecular formula is C13H16N2O2. The first-order valence-corrected chi connectivity index (χ1v) is 5.94. The summed E-state index contributed by atoms with van der Waals surface area (Å²) in [5, 5.41) is 0. The van der Waals surface area contributed by atoms with Crippen LogP contribution in [0.1, 0.15) is 31.0 Å². The maximum absolute atomic E-state index is 11.8. The number of carbonyl (C=O) groups is 2. The van der Waals surface area contributed by atoms with Crippen LogP contribution >= 0.6 is 0 Å². The molecule has 1 aromatic heterocycles. The SMILES string of the molecule is CCCCN1C(=O)C(=O)Cc2ccc(C)nc21. The first-order chi connectivity index (χ1) is 8.13. The summed E-state index contributed by atoms with van der Waals surface area (Å²) in [5.41, 5.74) is 1.73. The van der Waals surface area contributed by atoms with Gasteiger partial charge in [0, 0.05) is 24.2 Å². The number of nitrogens with zero attached hydrogens (tertiary/aromatic N) is 2. The lowest BCUT2D eigenvalue weighted by Gasteiger charge is -2.27. The minimum Gasteiger partial charge on any atom is -0.290 e. The van der Waals surface area contributed by atoms with E-state index in [1.807, 2.05) is 19.1 Å². The molecule has 1 aromatic rings. The number of amides is 1. The Labute approximate surface area is 101 Å². The average Bonchev–Trinajstić information content (AvgIpc) is 2.31. The summed E-state index contributed by atoms with van der Waals surface area (Å²) in [6.07, 6.45) is 2.05. The number of carbonyl (C=O) groups excluding carboxylic acids is 2. The van der Waals surface area contributed by atoms with Gasteiger partial charge in [0.1, 0.15) is 5.82 Å². The molecule has 1 amide bonds. The van der Waals surface area contributed by atoms with Crippen molar-refractivity contribution in [1.82, 2.24) is 4.98 Å². The number of pyridine rings is 1. The van der Waals surface area contributed by atoms with E-state index in [1.54, 1.807) is 0 Å². The third kappa shape index (κ3) is 2.20. The quantitative estimate of drug-likeness (QED) is 0.744. The number of ketones is 1. The molecule has 1 aliphatic rings. The normalized spacial score (nSPS) is 15.1. The van der Waals surface area contributed by atoms with E-state index in [1.165, 1.54) is 4.90 Å². The zero-order valence-corrected chi connectivity index (χ0v) is 10.2. The molecule has 0 aliphatic carbocycles. The largest absolute Gasteiger partial charge is 0.295 e. The summed E-state index contributed by atoms with van der Waals surface area (Å²) in [5.74, 6) is -0.0774. The smallest absolute Gasteiger partial charge is 0.290 e. The van der Waals surface area contributed by atoms with Crippen LogP contribution in [-0.2, 0) is 16.0 Å². The van der Waals surface area contributed by atoms with E-state index in [2.05, 4.69) is 11.9 Å². The van der Waals surface area contributed by atoms with E-state index in [0.29, 0.717) is 12.4 Å². The van der Waals surface area contributed by atoms with Gasteiger partial charge < -0.3 is 0 Å². The van der Waals surface area contributed by atoms with Crippen LogP contribution in [0.4, 0.5) is 5.82 Å². The first-order valence-electron chi connectivity index (χ1n) is 5.94. The lowest BCUT2D eigenvalue weighted by atomic mass is 10.0. The van der Waals surface area contributed by atoms with Crippen LogP contribution in [0.2, 0.25) is 0 Å². The highest BCUT2D eigenvalue weighted by Crippen LogP contribution is 2.24. The van der Waals surface area contributed by atoms with Gasteiger partial charge in [-0.2, -0.15) is 0 Å². The van der Waals surface area contributed by atoms with Crippen LogP contribution in [0, 0.1) is 6.92 Å². The molecule has 0 radical (unpaired) electrons. The monoisotopic (exact) mass is 232 g/mol. The minimum atomic E-state index is -0.413. The minimum absolute atomic E-state index is 0.185. The molecule has 0 N–H and O–H groups in total. The van der Waals surface area contributed by atoms with Crippen molar-refractivity contribution in [2.45, 2.75) is 33.1 Å². The fraction of sp³-hybridized carbons (Fsp3) is 0.462. The Morgan fingerprint density at radius 1 is 1.35 bits per heavy atom.